The molecule has 8 heteroatoms. The monoisotopic (exact) mass is 580 g/mol. The van der Waals surface area contributed by atoms with Gasteiger partial charge in [-0.3, -0.25) is 14.4 Å². The number of hydrogen-bond donors (Lipinski definition) is 2. The maximum absolute atomic E-state index is 13.4. The van der Waals surface area contributed by atoms with Gasteiger partial charge in [0.05, 0.1) is 18.6 Å². The van der Waals surface area contributed by atoms with E-state index in [4.69, 9.17) is 4.74 Å². The second kappa shape index (κ2) is 20.5. The van der Waals surface area contributed by atoms with E-state index in [2.05, 4.69) is 18.5 Å². The van der Waals surface area contributed by atoms with Crippen LogP contribution in [0, 0.1) is 5.92 Å². The number of thioether (sulfide) groups is 1. The van der Waals surface area contributed by atoms with Crippen molar-refractivity contribution in [2.75, 3.05) is 25.5 Å². The van der Waals surface area contributed by atoms with Crippen molar-refractivity contribution in [2.45, 2.75) is 56.9 Å². The van der Waals surface area contributed by atoms with Crippen LogP contribution in [0.4, 0.5) is 0 Å². The molecule has 2 amide bonds. The second-order valence-electron chi connectivity index (χ2n) is 9.87. The van der Waals surface area contributed by atoms with E-state index >= 15 is 0 Å². The quantitative estimate of drug-likeness (QED) is 0.118. The molecule has 2 aromatic carbocycles. The van der Waals surface area contributed by atoms with Gasteiger partial charge in [-0.2, -0.15) is 11.8 Å². The fourth-order valence-corrected chi connectivity index (χ4v) is 5.22. The Balaban J connectivity index is 2.02. The van der Waals surface area contributed by atoms with Gasteiger partial charge >= 0.3 is 5.97 Å². The molecule has 0 spiro atoms. The van der Waals surface area contributed by atoms with Crippen molar-refractivity contribution in [1.82, 2.24) is 10.2 Å². The Morgan fingerprint density at radius 3 is 2.29 bits per heavy atom. The van der Waals surface area contributed by atoms with Gasteiger partial charge in [0, 0.05) is 37.4 Å². The van der Waals surface area contributed by atoms with Crippen molar-refractivity contribution in [2.24, 2.45) is 5.92 Å². The average molecular weight is 581 g/mol. The minimum absolute atomic E-state index is 0.0162. The number of allylic oxidation sites excluding steroid dienone is 2. The molecule has 222 valence electrons. The fourth-order valence-electron chi connectivity index (χ4n) is 4.21. The number of benzene rings is 2. The highest BCUT2D eigenvalue weighted by Crippen LogP contribution is 2.17. The van der Waals surface area contributed by atoms with Crippen LogP contribution in [0.5, 0.6) is 0 Å². The molecule has 2 atom stereocenters. The van der Waals surface area contributed by atoms with Crippen LogP contribution in [0.15, 0.2) is 86.0 Å². The minimum atomic E-state index is -0.631. The zero-order chi connectivity index (χ0) is 29.7. The molecular weight excluding hydrogens is 536 g/mol. The zero-order valence-corrected chi connectivity index (χ0v) is 24.7. The van der Waals surface area contributed by atoms with E-state index in [1.165, 1.54) is 5.56 Å². The zero-order valence-electron chi connectivity index (χ0n) is 23.9. The molecule has 0 aliphatic carbocycles. The lowest BCUT2D eigenvalue weighted by atomic mass is 9.98. The van der Waals surface area contributed by atoms with E-state index < -0.39 is 12.0 Å². The second-order valence-corrected chi connectivity index (χ2v) is 10.9. The van der Waals surface area contributed by atoms with Crippen LogP contribution < -0.4 is 5.32 Å². The summed E-state index contributed by atoms with van der Waals surface area (Å²) in [6.45, 7) is 7.90. The molecule has 0 aliphatic rings. The Morgan fingerprint density at radius 2 is 1.66 bits per heavy atom. The number of esters is 1. The Labute approximate surface area is 249 Å². The summed E-state index contributed by atoms with van der Waals surface area (Å²) >= 11 is 1.64. The maximum Gasteiger partial charge on any atom is 0.305 e. The molecule has 2 rings (SSSR count). The number of rotatable bonds is 21. The van der Waals surface area contributed by atoms with Gasteiger partial charge in [-0.1, -0.05) is 72.8 Å². The number of nitrogens with zero attached hydrogens (tertiary/aromatic N) is 1. The van der Waals surface area contributed by atoms with Gasteiger partial charge < -0.3 is 20.1 Å². The smallest absolute Gasteiger partial charge is 0.305 e. The van der Waals surface area contributed by atoms with E-state index in [0.29, 0.717) is 25.1 Å². The van der Waals surface area contributed by atoms with Crippen LogP contribution in [0.2, 0.25) is 0 Å². The molecule has 2 aromatic rings. The molecule has 7 nitrogen and oxygen atoms in total. The summed E-state index contributed by atoms with van der Waals surface area (Å²) in [5.74, 6) is -0.121. The molecular formula is C33H44N2O5S. The topological polar surface area (TPSA) is 95.9 Å². The van der Waals surface area contributed by atoms with E-state index in [-0.39, 0.29) is 44.0 Å². The molecule has 41 heavy (non-hydrogen) atoms. The third-order valence-corrected chi connectivity index (χ3v) is 7.62. The van der Waals surface area contributed by atoms with Crippen LogP contribution in [0.25, 0.3) is 0 Å². The lowest BCUT2D eigenvalue weighted by Crippen LogP contribution is -2.45. The molecule has 2 N–H and O–H groups in total. The van der Waals surface area contributed by atoms with Crippen LogP contribution in [0.1, 0.15) is 49.7 Å². The van der Waals surface area contributed by atoms with Crippen molar-refractivity contribution in [1.29, 1.82) is 0 Å². The summed E-state index contributed by atoms with van der Waals surface area (Å²) < 4.78 is 5.53. The summed E-state index contributed by atoms with van der Waals surface area (Å²) in [4.78, 5) is 40.5. The number of carbonyl (C=O) groups excluding carboxylic acids is 3. The summed E-state index contributed by atoms with van der Waals surface area (Å²) in [5, 5.41) is 12.6. The Hall–Kier alpha value is -3.36. The lowest BCUT2D eigenvalue weighted by molar-refractivity contribution is -0.145. The molecule has 0 saturated carbocycles. The number of aliphatic hydroxyl groups is 1. The van der Waals surface area contributed by atoms with Gasteiger partial charge in [0.2, 0.25) is 11.8 Å². The largest absolute Gasteiger partial charge is 0.463 e. The van der Waals surface area contributed by atoms with Gasteiger partial charge in [0.1, 0.15) is 6.61 Å². The van der Waals surface area contributed by atoms with Crippen molar-refractivity contribution in [3.05, 3.63) is 97.1 Å². The number of aliphatic hydroxyl groups excluding tert-OH is 1. The highest BCUT2D eigenvalue weighted by atomic mass is 32.2. The van der Waals surface area contributed by atoms with Crippen LogP contribution >= 0.6 is 11.8 Å². The van der Waals surface area contributed by atoms with Gasteiger partial charge in [-0.05, 0) is 36.8 Å². The van der Waals surface area contributed by atoms with E-state index in [1.54, 1.807) is 22.7 Å². The van der Waals surface area contributed by atoms with Gasteiger partial charge in [-0.25, -0.2) is 0 Å². The van der Waals surface area contributed by atoms with Crippen molar-refractivity contribution in [3.63, 3.8) is 0 Å². The first-order chi connectivity index (χ1) is 20.0. The van der Waals surface area contributed by atoms with Gasteiger partial charge in [0.15, 0.2) is 0 Å². The molecule has 0 saturated heterocycles. The Kier molecular flexibility index (Phi) is 16.9. The van der Waals surface area contributed by atoms with E-state index in [1.807, 2.05) is 66.7 Å². The molecule has 0 aromatic heterocycles. The van der Waals surface area contributed by atoms with Crippen molar-refractivity contribution in [3.8, 4) is 0 Å². The number of hydrogen-bond acceptors (Lipinski definition) is 6. The first kappa shape index (κ1) is 33.8. The highest BCUT2D eigenvalue weighted by Gasteiger charge is 2.26. The maximum atomic E-state index is 13.4. The standard InChI is InChI=1S/C33H44N2O5S/c1-3-5-6-13-19-32(38)40-24-30(26-41-25-28-17-11-8-12-18-28)34-33(39)29(14-4-2)22-31(37)35(20-21-36)23-27-15-9-7-10-16-27/h3-4,7-12,15-18,29-30,36H,1-2,5-6,13-14,19-26H2,(H,34,39). The lowest BCUT2D eigenvalue weighted by Gasteiger charge is -2.26. The minimum Gasteiger partial charge on any atom is -0.463 e. The summed E-state index contributed by atoms with van der Waals surface area (Å²) in [6.07, 6.45) is 6.54. The molecule has 0 aliphatic heterocycles. The molecule has 2 unspecified atom stereocenters. The molecule has 0 bridgehead atoms. The van der Waals surface area contributed by atoms with Crippen LogP contribution in [0.3, 0.4) is 0 Å². The fraction of sp³-hybridized carbons (Fsp3) is 0.424. The number of ether oxygens (including phenoxy) is 1. The number of carbonyl (C=O) groups is 3. The summed E-state index contributed by atoms with van der Waals surface area (Å²) in [6, 6.07) is 19.2. The average Bonchev–Trinajstić information content (AvgIpc) is 2.98. The first-order valence-corrected chi connectivity index (χ1v) is 15.3. The van der Waals surface area contributed by atoms with E-state index in [0.717, 1.165) is 30.6 Å². The first-order valence-electron chi connectivity index (χ1n) is 14.2. The normalized spacial score (nSPS) is 12.1. The predicted molar refractivity (Wildman–Crippen MR) is 166 cm³/mol. The summed E-state index contributed by atoms with van der Waals surface area (Å²) in [5.41, 5.74) is 2.11. The summed E-state index contributed by atoms with van der Waals surface area (Å²) in [7, 11) is 0. The number of amides is 2. The van der Waals surface area contributed by atoms with Crippen molar-refractivity contribution < 1.29 is 24.2 Å². The van der Waals surface area contributed by atoms with Crippen LogP contribution in [-0.4, -0.2) is 59.3 Å². The Bertz CT molecular complexity index is 1060. The van der Waals surface area contributed by atoms with Crippen LogP contribution in [-0.2, 0) is 31.4 Å². The van der Waals surface area contributed by atoms with Crippen molar-refractivity contribution >= 4 is 29.5 Å². The predicted octanol–water partition coefficient (Wildman–Crippen LogP) is 5.30. The third kappa shape index (κ3) is 14.2. The Morgan fingerprint density at radius 1 is 0.976 bits per heavy atom. The highest BCUT2D eigenvalue weighted by molar-refractivity contribution is 7.98. The molecule has 0 heterocycles. The SMILES string of the molecule is C=CCCCCC(=O)OCC(CSCc1ccccc1)NC(=O)C(CC=C)CC(=O)N(CCO)Cc1ccccc1. The number of nitrogens with one attached hydrogen (secondary N) is 1. The molecule has 0 fully saturated rings. The van der Waals surface area contributed by atoms with Gasteiger partial charge in [0.25, 0.3) is 0 Å². The van der Waals surface area contributed by atoms with Gasteiger partial charge in [-0.15, -0.1) is 13.2 Å². The number of unbranched alkanes of at least 4 members (excludes halogenated alkanes) is 2. The third-order valence-electron chi connectivity index (χ3n) is 6.44. The molecule has 0 radical (unpaired) electrons. The van der Waals surface area contributed by atoms with E-state index in [9.17, 15) is 19.5 Å².